The lowest BCUT2D eigenvalue weighted by molar-refractivity contribution is -0.274. The van der Waals surface area contributed by atoms with Gasteiger partial charge in [-0.2, -0.15) is 13.2 Å². The lowest BCUT2D eigenvalue weighted by atomic mass is 9.99. The average Bonchev–Trinajstić information content (AvgIpc) is 2.44. The molecule has 0 aliphatic rings. The van der Waals surface area contributed by atoms with Crippen LogP contribution >= 0.6 is 0 Å². The van der Waals surface area contributed by atoms with Crippen LogP contribution in [0, 0.1) is 0 Å². The van der Waals surface area contributed by atoms with Crippen LogP contribution in [0.2, 0.25) is 0 Å². The second-order valence-electron chi connectivity index (χ2n) is 4.67. The number of benzene rings is 2. The maximum absolute atomic E-state index is 12.9. The van der Waals surface area contributed by atoms with Crippen LogP contribution in [0.5, 0.6) is 5.75 Å². The molecule has 1 nitrogen and oxygen atoms in total. The summed E-state index contributed by atoms with van der Waals surface area (Å²) in [4.78, 5) is 0. The second-order valence-corrected chi connectivity index (χ2v) is 4.67. The Morgan fingerprint density at radius 1 is 0.750 bits per heavy atom. The van der Waals surface area contributed by atoms with Crippen LogP contribution < -0.4 is 4.74 Å². The molecule has 9 heteroatoms. The van der Waals surface area contributed by atoms with Gasteiger partial charge in [0.2, 0.25) is 0 Å². The Morgan fingerprint density at radius 2 is 1.29 bits per heavy atom. The van der Waals surface area contributed by atoms with Crippen molar-refractivity contribution >= 4 is 0 Å². The molecule has 130 valence electrons. The maximum Gasteiger partial charge on any atom is 0.573 e. The highest BCUT2D eigenvalue weighted by molar-refractivity contribution is 5.66. The van der Waals surface area contributed by atoms with E-state index in [4.69, 9.17) is 0 Å². The van der Waals surface area contributed by atoms with E-state index in [-0.39, 0.29) is 11.1 Å². The summed E-state index contributed by atoms with van der Waals surface area (Å²) in [6.45, 7) is 0. The van der Waals surface area contributed by atoms with Crippen molar-refractivity contribution in [2.75, 3.05) is 0 Å². The smallest absolute Gasteiger partial charge is 0.406 e. The summed E-state index contributed by atoms with van der Waals surface area (Å²) in [5.41, 5.74) is -2.48. The normalized spacial score (nSPS) is 12.5. The van der Waals surface area contributed by atoms with Crippen LogP contribution in [-0.4, -0.2) is 6.36 Å². The molecule has 0 aromatic heterocycles. The molecular weight excluding hydrogens is 348 g/mol. The third-order valence-electron chi connectivity index (χ3n) is 3.01. The summed E-state index contributed by atoms with van der Waals surface area (Å²) in [5, 5.41) is 0. The van der Waals surface area contributed by atoms with Gasteiger partial charge in [0.1, 0.15) is 5.75 Å². The van der Waals surface area contributed by atoms with Crippen molar-refractivity contribution in [1.82, 2.24) is 0 Å². The first-order chi connectivity index (χ1) is 11.0. The molecule has 0 atom stereocenters. The van der Waals surface area contributed by atoms with Crippen molar-refractivity contribution in [3.05, 3.63) is 53.6 Å². The number of alkyl halides is 8. The maximum atomic E-state index is 12.9. The summed E-state index contributed by atoms with van der Waals surface area (Å²) in [5.74, 6) is -0.535. The fourth-order valence-corrected chi connectivity index (χ4v) is 2.03. The van der Waals surface area contributed by atoms with Gasteiger partial charge < -0.3 is 4.74 Å². The Labute approximate surface area is 130 Å². The van der Waals surface area contributed by atoms with Crippen LogP contribution in [0.1, 0.15) is 17.6 Å². The summed E-state index contributed by atoms with van der Waals surface area (Å²) in [7, 11) is 0. The highest BCUT2D eigenvalue weighted by atomic mass is 19.4. The molecule has 0 saturated carbocycles. The number of halogens is 8. The molecular formula is C15H8F8O. The quantitative estimate of drug-likeness (QED) is 0.594. The average molecular weight is 356 g/mol. The summed E-state index contributed by atoms with van der Waals surface area (Å²) < 4.78 is 104. The van der Waals surface area contributed by atoms with E-state index in [9.17, 15) is 35.1 Å². The van der Waals surface area contributed by atoms with Crippen LogP contribution in [-0.2, 0) is 6.18 Å². The van der Waals surface area contributed by atoms with Gasteiger partial charge in [-0.25, -0.2) is 8.78 Å². The minimum atomic E-state index is -4.94. The summed E-state index contributed by atoms with van der Waals surface area (Å²) in [6, 6.07) is 6.25. The van der Waals surface area contributed by atoms with Gasteiger partial charge in [0, 0.05) is 5.56 Å². The SMILES string of the molecule is FC(F)c1cc(-c2ccc(OC(F)(F)F)cc2)ccc1C(F)(F)F. The number of rotatable bonds is 3. The molecule has 2 aromatic rings. The van der Waals surface area contributed by atoms with Crippen LogP contribution in [0.3, 0.4) is 0 Å². The van der Waals surface area contributed by atoms with Gasteiger partial charge in [0.25, 0.3) is 6.43 Å². The van der Waals surface area contributed by atoms with Crippen molar-refractivity contribution in [1.29, 1.82) is 0 Å². The van der Waals surface area contributed by atoms with Crippen molar-refractivity contribution < 1.29 is 39.9 Å². The fraction of sp³-hybridized carbons (Fsp3) is 0.200. The molecule has 0 fully saturated rings. The number of hydrogen-bond donors (Lipinski definition) is 0. The molecule has 0 radical (unpaired) electrons. The molecule has 0 aliphatic carbocycles. The Morgan fingerprint density at radius 3 is 1.75 bits per heavy atom. The zero-order chi connectivity index (χ0) is 18.1. The Kier molecular flexibility index (Phi) is 4.73. The first-order valence-corrected chi connectivity index (χ1v) is 6.33. The largest absolute Gasteiger partial charge is 0.573 e. The lowest BCUT2D eigenvalue weighted by Gasteiger charge is -2.14. The zero-order valence-electron chi connectivity index (χ0n) is 11.6. The van der Waals surface area contributed by atoms with Gasteiger partial charge in [-0.1, -0.05) is 18.2 Å². The highest BCUT2D eigenvalue weighted by Gasteiger charge is 2.35. The molecule has 2 aromatic carbocycles. The molecule has 0 N–H and O–H groups in total. The van der Waals surface area contributed by atoms with E-state index in [1.807, 2.05) is 0 Å². The zero-order valence-corrected chi connectivity index (χ0v) is 11.6. The van der Waals surface area contributed by atoms with Gasteiger partial charge in [-0.05, 0) is 35.4 Å². The van der Waals surface area contributed by atoms with Crippen molar-refractivity contribution in [3.8, 4) is 16.9 Å². The van der Waals surface area contributed by atoms with Gasteiger partial charge in [0.15, 0.2) is 0 Å². The molecule has 0 spiro atoms. The van der Waals surface area contributed by atoms with Crippen molar-refractivity contribution in [3.63, 3.8) is 0 Å². The molecule has 0 aliphatic heterocycles. The van der Waals surface area contributed by atoms with Crippen molar-refractivity contribution in [2.45, 2.75) is 19.0 Å². The third-order valence-corrected chi connectivity index (χ3v) is 3.01. The lowest BCUT2D eigenvalue weighted by Crippen LogP contribution is -2.16. The molecule has 0 saturated heterocycles. The molecule has 0 unspecified atom stereocenters. The Balaban J connectivity index is 2.37. The minimum Gasteiger partial charge on any atom is -0.406 e. The minimum absolute atomic E-state index is 0.0110. The van der Waals surface area contributed by atoms with Crippen LogP contribution in [0.15, 0.2) is 42.5 Å². The standard InChI is InChI=1S/C15H8F8O/c16-13(17)11-7-9(3-6-12(11)14(18,19)20)8-1-4-10(5-2-8)24-15(21,22)23/h1-7,13H. The topological polar surface area (TPSA) is 9.23 Å². The van der Waals surface area contributed by atoms with E-state index >= 15 is 0 Å². The van der Waals surface area contributed by atoms with E-state index in [0.29, 0.717) is 12.1 Å². The summed E-state index contributed by atoms with van der Waals surface area (Å²) in [6.07, 6.45) is -13.2. The first kappa shape index (κ1) is 18.0. The van der Waals surface area contributed by atoms with E-state index in [0.717, 1.165) is 30.3 Å². The molecule has 24 heavy (non-hydrogen) atoms. The van der Waals surface area contributed by atoms with Crippen LogP contribution in [0.4, 0.5) is 35.1 Å². The first-order valence-electron chi connectivity index (χ1n) is 6.33. The monoisotopic (exact) mass is 356 g/mol. The highest BCUT2D eigenvalue weighted by Crippen LogP contribution is 2.38. The van der Waals surface area contributed by atoms with E-state index in [1.54, 1.807) is 0 Å². The predicted octanol–water partition coefficient (Wildman–Crippen LogP) is 6.21. The summed E-state index contributed by atoms with van der Waals surface area (Å²) >= 11 is 0. The molecule has 0 amide bonds. The fourth-order valence-electron chi connectivity index (χ4n) is 2.03. The van der Waals surface area contributed by atoms with Gasteiger partial charge in [0.05, 0.1) is 5.56 Å². The van der Waals surface area contributed by atoms with Gasteiger partial charge >= 0.3 is 12.5 Å². The molecule has 2 rings (SSSR count). The van der Waals surface area contributed by atoms with Gasteiger partial charge in [-0.3, -0.25) is 0 Å². The Hall–Kier alpha value is -2.32. The second kappa shape index (κ2) is 6.29. The van der Waals surface area contributed by atoms with Crippen LogP contribution in [0.25, 0.3) is 11.1 Å². The van der Waals surface area contributed by atoms with Crippen molar-refractivity contribution in [2.24, 2.45) is 0 Å². The predicted molar refractivity (Wildman–Crippen MR) is 68.5 cm³/mol. The Bertz CT molecular complexity index is 701. The third kappa shape index (κ3) is 4.36. The number of hydrogen-bond acceptors (Lipinski definition) is 1. The van der Waals surface area contributed by atoms with E-state index in [2.05, 4.69) is 4.74 Å². The number of ether oxygens (including phenoxy) is 1. The van der Waals surface area contributed by atoms with E-state index in [1.165, 1.54) is 0 Å². The molecule has 0 heterocycles. The molecule has 0 bridgehead atoms. The van der Waals surface area contributed by atoms with Gasteiger partial charge in [-0.15, -0.1) is 13.2 Å². The van der Waals surface area contributed by atoms with E-state index < -0.39 is 35.8 Å².